The number of allylic oxidation sites excluding steroid dienone is 1. The van der Waals surface area contributed by atoms with Crippen LogP contribution >= 0.6 is 11.6 Å². The molecule has 0 radical (unpaired) electrons. The molecule has 4 heteroatoms. The summed E-state index contributed by atoms with van der Waals surface area (Å²) in [6.45, 7) is 3.49. The van der Waals surface area contributed by atoms with Crippen LogP contribution in [-0.4, -0.2) is 18.4 Å². The zero-order chi connectivity index (χ0) is 12.8. The lowest BCUT2D eigenvalue weighted by atomic mass is 10.1. The molecule has 0 aliphatic rings. The first-order chi connectivity index (χ1) is 8.02. The third-order valence-electron chi connectivity index (χ3n) is 1.93. The van der Waals surface area contributed by atoms with E-state index < -0.39 is 5.97 Å². The minimum Gasteiger partial charge on any atom is -0.460 e. The van der Waals surface area contributed by atoms with Crippen molar-refractivity contribution < 1.29 is 14.3 Å². The molecule has 0 saturated carbocycles. The summed E-state index contributed by atoms with van der Waals surface area (Å²) in [5, 5.41) is 0.573. The highest BCUT2D eigenvalue weighted by molar-refractivity contribution is 6.30. The molecule has 0 saturated heterocycles. The fraction of sp³-hybridized carbons (Fsp3) is 0.231. The van der Waals surface area contributed by atoms with Crippen LogP contribution < -0.4 is 0 Å². The first kappa shape index (κ1) is 13.5. The molecule has 0 amide bonds. The molecular weight excluding hydrogens is 240 g/mol. The summed E-state index contributed by atoms with van der Waals surface area (Å²) in [6, 6.07) is 6.65. The highest BCUT2D eigenvalue weighted by atomic mass is 35.5. The molecule has 17 heavy (non-hydrogen) atoms. The Morgan fingerprint density at radius 2 is 1.88 bits per heavy atom. The van der Waals surface area contributed by atoms with Gasteiger partial charge in [-0.2, -0.15) is 0 Å². The summed E-state index contributed by atoms with van der Waals surface area (Å²) in [4.78, 5) is 22.3. The monoisotopic (exact) mass is 252 g/mol. The van der Waals surface area contributed by atoms with E-state index in [0.29, 0.717) is 16.9 Å². The molecule has 0 unspecified atom stereocenters. The zero-order valence-electron chi connectivity index (χ0n) is 9.64. The Balaban J connectivity index is 2.91. The normalized spacial score (nSPS) is 11.4. The van der Waals surface area contributed by atoms with Crippen LogP contribution in [0, 0.1) is 0 Å². The SMILES string of the molecule is CC(C)OC(=O)/C=C(/C=O)c1ccc(Cl)cc1. The number of hydrogen-bond acceptors (Lipinski definition) is 3. The molecule has 0 fully saturated rings. The van der Waals surface area contributed by atoms with Crippen LogP contribution in [0.5, 0.6) is 0 Å². The summed E-state index contributed by atoms with van der Waals surface area (Å²) in [5.74, 6) is -0.531. The second kappa shape index (κ2) is 6.21. The second-order valence-corrected chi connectivity index (χ2v) is 4.15. The third kappa shape index (κ3) is 4.41. The van der Waals surface area contributed by atoms with Crippen molar-refractivity contribution in [2.45, 2.75) is 20.0 Å². The largest absolute Gasteiger partial charge is 0.460 e. The molecule has 0 N–H and O–H groups in total. The first-order valence-electron chi connectivity index (χ1n) is 5.16. The molecule has 3 nitrogen and oxygen atoms in total. The van der Waals surface area contributed by atoms with Gasteiger partial charge in [0.1, 0.15) is 0 Å². The van der Waals surface area contributed by atoms with E-state index in [1.807, 2.05) is 0 Å². The molecule has 90 valence electrons. The Labute approximate surface area is 105 Å². The number of hydrogen-bond donors (Lipinski definition) is 0. The van der Waals surface area contributed by atoms with Gasteiger partial charge in [-0.25, -0.2) is 4.79 Å². The van der Waals surface area contributed by atoms with Crippen LogP contribution in [0.4, 0.5) is 0 Å². The van der Waals surface area contributed by atoms with Crippen LogP contribution in [-0.2, 0) is 14.3 Å². The molecule has 1 aromatic rings. The number of ether oxygens (including phenoxy) is 1. The molecule has 1 rings (SSSR count). The maximum Gasteiger partial charge on any atom is 0.331 e. The van der Waals surface area contributed by atoms with Crippen molar-refractivity contribution in [2.75, 3.05) is 0 Å². The Morgan fingerprint density at radius 3 is 2.35 bits per heavy atom. The summed E-state index contributed by atoms with van der Waals surface area (Å²) < 4.78 is 4.93. The molecule has 0 atom stereocenters. The summed E-state index contributed by atoms with van der Waals surface area (Å²) >= 11 is 5.73. The smallest absolute Gasteiger partial charge is 0.331 e. The number of aldehydes is 1. The van der Waals surface area contributed by atoms with Crippen LogP contribution in [0.1, 0.15) is 19.4 Å². The third-order valence-corrected chi connectivity index (χ3v) is 2.18. The van der Waals surface area contributed by atoms with Gasteiger partial charge in [0.15, 0.2) is 6.29 Å². The van der Waals surface area contributed by atoms with Crippen LogP contribution in [0.3, 0.4) is 0 Å². The Bertz CT molecular complexity index is 432. The van der Waals surface area contributed by atoms with E-state index >= 15 is 0 Å². The summed E-state index contributed by atoms with van der Waals surface area (Å²) in [7, 11) is 0. The van der Waals surface area contributed by atoms with Gasteiger partial charge in [0.05, 0.1) is 6.10 Å². The van der Waals surface area contributed by atoms with Gasteiger partial charge in [-0.05, 0) is 31.5 Å². The van der Waals surface area contributed by atoms with Crippen molar-refractivity contribution in [1.82, 2.24) is 0 Å². The van der Waals surface area contributed by atoms with Gasteiger partial charge in [0.2, 0.25) is 0 Å². The lowest BCUT2D eigenvalue weighted by Gasteiger charge is -2.05. The van der Waals surface area contributed by atoms with Gasteiger partial charge in [-0.3, -0.25) is 4.79 Å². The molecule has 0 spiro atoms. The predicted molar refractivity (Wildman–Crippen MR) is 66.7 cm³/mol. The average Bonchev–Trinajstić information content (AvgIpc) is 2.26. The number of carbonyl (C=O) groups excluding carboxylic acids is 2. The molecule has 0 heterocycles. The lowest BCUT2D eigenvalue weighted by Crippen LogP contribution is -2.09. The summed E-state index contributed by atoms with van der Waals surface area (Å²) in [6.07, 6.45) is 1.58. The van der Waals surface area contributed by atoms with E-state index in [2.05, 4.69) is 0 Å². The molecule has 1 aromatic carbocycles. The van der Waals surface area contributed by atoms with E-state index in [9.17, 15) is 9.59 Å². The van der Waals surface area contributed by atoms with Gasteiger partial charge >= 0.3 is 5.97 Å². The van der Waals surface area contributed by atoms with E-state index in [1.165, 1.54) is 6.08 Å². The minimum atomic E-state index is -0.531. The van der Waals surface area contributed by atoms with E-state index in [0.717, 1.165) is 0 Å². The number of carbonyl (C=O) groups is 2. The van der Waals surface area contributed by atoms with E-state index in [4.69, 9.17) is 16.3 Å². The Kier molecular flexibility index (Phi) is 4.91. The summed E-state index contributed by atoms with van der Waals surface area (Å²) in [5.41, 5.74) is 0.900. The minimum absolute atomic E-state index is 0.211. The van der Waals surface area contributed by atoms with E-state index in [-0.39, 0.29) is 11.7 Å². The number of rotatable bonds is 4. The lowest BCUT2D eigenvalue weighted by molar-refractivity contribution is -0.141. The number of halogens is 1. The fourth-order valence-electron chi connectivity index (χ4n) is 1.22. The molecule has 0 aliphatic carbocycles. The van der Waals surface area contributed by atoms with Crippen molar-refractivity contribution in [3.8, 4) is 0 Å². The fourth-order valence-corrected chi connectivity index (χ4v) is 1.35. The number of benzene rings is 1. The highest BCUT2D eigenvalue weighted by Gasteiger charge is 2.06. The Hall–Kier alpha value is -1.61. The van der Waals surface area contributed by atoms with Gasteiger partial charge < -0.3 is 4.74 Å². The van der Waals surface area contributed by atoms with Crippen LogP contribution in [0.25, 0.3) is 5.57 Å². The maximum absolute atomic E-state index is 11.4. The standard InChI is InChI=1S/C13H13ClO3/c1-9(2)17-13(16)7-11(8-15)10-3-5-12(14)6-4-10/h3-9H,1-2H3/b11-7-. The quantitative estimate of drug-likeness (QED) is 0.470. The average molecular weight is 253 g/mol. The molecule has 0 aromatic heterocycles. The topological polar surface area (TPSA) is 43.4 Å². The molecule has 0 bridgehead atoms. The van der Waals surface area contributed by atoms with Crippen molar-refractivity contribution in [3.05, 3.63) is 40.9 Å². The van der Waals surface area contributed by atoms with Gasteiger partial charge in [-0.1, -0.05) is 23.7 Å². The Morgan fingerprint density at radius 1 is 1.29 bits per heavy atom. The predicted octanol–water partition coefficient (Wildman–Crippen LogP) is 2.87. The van der Waals surface area contributed by atoms with Gasteiger partial charge in [0.25, 0.3) is 0 Å². The van der Waals surface area contributed by atoms with Gasteiger partial charge in [0, 0.05) is 16.7 Å². The highest BCUT2D eigenvalue weighted by Crippen LogP contribution is 2.16. The van der Waals surface area contributed by atoms with Crippen LogP contribution in [0.15, 0.2) is 30.3 Å². The van der Waals surface area contributed by atoms with Crippen molar-refractivity contribution in [3.63, 3.8) is 0 Å². The van der Waals surface area contributed by atoms with Crippen molar-refractivity contribution >= 4 is 29.4 Å². The molecular formula is C13H13ClO3. The number of esters is 1. The molecule has 0 aliphatic heterocycles. The zero-order valence-corrected chi connectivity index (χ0v) is 10.4. The van der Waals surface area contributed by atoms with Crippen molar-refractivity contribution in [2.24, 2.45) is 0 Å². The first-order valence-corrected chi connectivity index (χ1v) is 5.54. The van der Waals surface area contributed by atoms with Crippen molar-refractivity contribution in [1.29, 1.82) is 0 Å². The van der Waals surface area contributed by atoms with Crippen LogP contribution in [0.2, 0.25) is 5.02 Å². The van der Waals surface area contributed by atoms with Gasteiger partial charge in [-0.15, -0.1) is 0 Å². The second-order valence-electron chi connectivity index (χ2n) is 3.71. The van der Waals surface area contributed by atoms with E-state index in [1.54, 1.807) is 38.1 Å². The maximum atomic E-state index is 11.4.